The summed E-state index contributed by atoms with van der Waals surface area (Å²) in [5.74, 6) is 0.383. The first-order chi connectivity index (χ1) is 15.1. The average molecular weight is 464 g/mol. The number of fused-ring (bicyclic) bond motifs is 1. The van der Waals surface area contributed by atoms with Crippen molar-refractivity contribution in [2.24, 2.45) is 11.7 Å². The minimum atomic E-state index is -3.55. The van der Waals surface area contributed by atoms with E-state index >= 15 is 0 Å². The molecule has 0 saturated carbocycles. The summed E-state index contributed by atoms with van der Waals surface area (Å²) in [6.07, 6.45) is 3.99. The van der Waals surface area contributed by atoms with Crippen molar-refractivity contribution in [1.29, 1.82) is 0 Å². The second-order valence-corrected chi connectivity index (χ2v) is 10.7. The summed E-state index contributed by atoms with van der Waals surface area (Å²) in [7, 11) is -0.544. The third kappa shape index (κ3) is 5.12. The minimum absolute atomic E-state index is 0.0397. The molecule has 1 aliphatic rings. The summed E-state index contributed by atoms with van der Waals surface area (Å²) < 4.78 is 28.3. The Labute approximate surface area is 189 Å². The second-order valence-electron chi connectivity index (χ2n) is 8.53. The molecule has 2 N–H and O–H groups in total. The van der Waals surface area contributed by atoms with Gasteiger partial charge in [0.2, 0.25) is 21.8 Å². The van der Waals surface area contributed by atoms with Gasteiger partial charge in [-0.15, -0.1) is 0 Å². The number of nitrogens with two attached hydrogens (primary N) is 1. The second kappa shape index (κ2) is 9.99. The average Bonchev–Trinajstić information content (AvgIpc) is 3.12. The SMILES string of the molecule is CCCCn1c(CCC(=O)N2CCC(C(N)=O)CC2)nc2cc(S(=O)(=O)N(C)C)ccc21. The number of aromatic nitrogens is 2. The van der Waals surface area contributed by atoms with Gasteiger partial charge >= 0.3 is 0 Å². The number of carbonyl (C=O) groups excluding carboxylic acids is 2. The molecule has 9 nitrogen and oxygen atoms in total. The lowest BCUT2D eigenvalue weighted by Crippen LogP contribution is -2.41. The Balaban J connectivity index is 1.79. The van der Waals surface area contributed by atoms with E-state index in [0.29, 0.717) is 44.3 Å². The molecule has 0 spiro atoms. The number of imidazole rings is 1. The van der Waals surface area contributed by atoms with Crippen LogP contribution in [0.15, 0.2) is 23.1 Å². The number of benzene rings is 1. The summed E-state index contributed by atoms with van der Waals surface area (Å²) in [4.78, 5) is 30.8. The van der Waals surface area contributed by atoms with Gasteiger partial charge in [0.15, 0.2) is 0 Å². The molecule has 1 aliphatic heterocycles. The van der Waals surface area contributed by atoms with Crippen molar-refractivity contribution in [1.82, 2.24) is 18.8 Å². The number of piperidine rings is 1. The smallest absolute Gasteiger partial charge is 0.242 e. The van der Waals surface area contributed by atoms with Gasteiger partial charge in [-0.05, 0) is 37.5 Å². The highest BCUT2D eigenvalue weighted by atomic mass is 32.2. The maximum Gasteiger partial charge on any atom is 0.242 e. The summed E-state index contributed by atoms with van der Waals surface area (Å²) in [6.45, 7) is 3.97. The molecule has 1 aromatic carbocycles. The summed E-state index contributed by atoms with van der Waals surface area (Å²) in [5, 5.41) is 0. The molecule has 0 unspecified atom stereocenters. The van der Waals surface area contributed by atoms with Crippen molar-refractivity contribution >= 4 is 32.9 Å². The maximum absolute atomic E-state index is 12.7. The van der Waals surface area contributed by atoms with Crippen molar-refractivity contribution in [3.8, 4) is 0 Å². The molecule has 1 fully saturated rings. The number of nitrogens with zero attached hydrogens (tertiary/aromatic N) is 4. The van der Waals surface area contributed by atoms with Gasteiger partial charge < -0.3 is 15.2 Å². The number of primary amides is 1. The predicted octanol–water partition coefficient (Wildman–Crippen LogP) is 1.74. The van der Waals surface area contributed by atoms with Crippen molar-refractivity contribution < 1.29 is 18.0 Å². The molecule has 0 bridgehead atoms. The van der Waals surface area contributed by atoms with E-state index in [2.05, 4.69) is 11.5 Å². The van der Waals surface area contributed by atoms with Crippen LogP contribution in [0.25, 0.3) is 11.0 Å². The third-order valence-electron chi connectivity index (χ3n) is 6.13. The zero-order chi connectivity index (χ0) is 23.5. The first kappa shape index (κ1) is 24.2. The number of aryl methyl sites for hydroxylation is 2. The Bertz CT molecular complexity index is 1090. The standard InChI is InChI=1S/C22H33N5O4S/c1-4-5-12-27-19-7-6-17(32(30,31)25(2)3)15-18(19)24-20(27)8-9-21(28)26-13-10-16(11-14-26)22(23)29/h6-7,15-16H,4-5,8-14H2,1-3H3,(H2,23,29). The monoisotopic (exact) mass is 463 g/mol. The number of hydrogen-bond acceptors (Lipinski definition) is 5. The van der Waals surface area contributed by atoms with Crippen LogP contribution in [0.4, 0.5) is 0 Å². The number of hydrogen-bond donors (Lipinski definition) is 1. The fourth-order valence-electron chi connectivity index (χ4n) is 4.08. The van der Waals surface area contributed by atoms with Gasteiger partial charge in [-0.25, -0.2) is 17.7 Å². The Morgan fingerprint density at radius 1 is 1.22 bits per heavy atom. The van der Waals surface area contributed by atoms with E-state index in [9.17, 15) is 18.0 Å². The van der Waals surface area contributed by atoms with Crippen LogP contribution in [0, 0.1) is 5.92 Å². The highest BCUT2D eigenvalue weighted by Gasteiger charge is 2.26. The lowest BCUT2D eigenvalue weighted by atomic mass is 9.96. The van der Waals surface area contributed by atoms with Gasteiger partial charge in [-0.3, -0.25) is 9.59 Å². The molecule has 32 heavy (non-hydrogen) atoms. The molecular formula is C22H33N5O4S. The van der Waals surface area contributed by atoms with E-state index in [1.165, 1.54) is 18.4 Å². The Morgan fingerprint density at radius 3 is 2.50 bits per heavy atom. The molecular weight excluding hydrogens is 430 g/mol. The van der Waals surface area contributed by atoms with Crippen LogP contribution < -0.4 is 5.73 Å². The Morgan fingerprint density at radius 2 is 1.91 bits per heavy atom. The normalized spacial score (nSPS) is 15.6. The highest BCUT2D eigenvalue weighted by molar-refractivity contribution is 7.89. The van der Waals surface area contributed by atoms with E-state index in [1.807, 2.05) is 0 Å². The van der Waals surface area contributed by atoms with Crippen molar-refractivity contribution in [3.63, 3.8) is 0 Å². The number of unbranched alkanes of at least 4 members (excludes halogenated alkanes) is 1. The summed E-state index contributed by atoms with van der Waals surface area (Å²) in [5.41, 5.74) is 6.87. The Kier molecular flexibility index (Phi) is 7.55. The number of sulfonamides is 1. The number of amides is 2. The largest absolute Gasteiger partial charge is 0.369 e. The summed E-state index contributed by atoms with van der Waals surface area (Å²) in [6, 6.07) is 5.01. The number of carbonyl (C=O) groups is 2. The molecule has 0 atom stereocenters. The first-order valence-electron chi connectivity index (χ1n) is 11.1. The molecule has 0 aliphatic carbocycles. The molecule has 10 heteroatoms. The fraction of sp³-hybridized carbons (Fsp3) is 0.591. The number of rotatable bonds is 9. The van der Waals surface area contributed by atoms with Crippen LogP contribution in [-0.4, -0.2) is 66.2 Å². The molecule has 2 heterocycles. The third-order valence-corrected chi connectivity index (χ3v) is 7.94. The first-order valence-corrected chi connectivity index (χ1v) is 12.6. The lowest BCUT2D eigenvalue weighted by molar-refractivity contribution is -0.134. The van der Waals surface area contributed by atoms with Gasteiger partial charge in [0.05, 0.1) is 15.9 Å². The molecule has 2 amide bonds. The molecule has 2 aromatic rings. The van der Waals surface area contributed by atoms with E-state index < -0.39 is 10.0 Å². The van der Waals surface area contributed by atoms with Crippen molar-refractivity contribution in [2.45, 2.75) is 56.9 Å². The van der Waals surface area contributed by atoms with Gasteiger partial charge in [0.25, 0.3) is 0 Å². The van der Waals surface area contributed by atoms with Gasteiger partial charge in [0.1, 0.15) is 5.82 Å². The molecule has 1 aromatic heterocycles. The molecule has 1 saturated heterocycles. The van der Waals surface area contributed by atoms with Crippen LogP contribution in [0.5, 0.6) is 0 Å². The zero-order valence-corrected chi connectivity index (χ0v) is 19.9. The topological polar surface area (TPSA) is 119 Å². The van der Waals surface area contributed by atoms with Crippen LogP contribution >= 0.6 is 0 Å². The van der Waals surface area contributed by atoms with Crippen LogP contribution in [0.2, 0.25) is 0 Å². The predicted molar refractivity (Wildman–Crippen MR) is 122 cm³/mol. The van der Waals surface area contributed by atoms with Crippen molar-refractivity contribution in [2.75, 3.05) is 27.2 Å². The van der Waals surface area contributed by atoms with Gasteiger partial charge in [0, 0.05) is 52.5 Å². The molecule has 176 valence electrons. The molecule has 0 radical (unpaired) electrons. The highest BCUT2D eigenvalue weighted by Crippen LogP contribution is 2.24. The van der Waals surface area contributed by atoms with Crippen molar-refractivity contribution in [3.05, 3.63) is 24.0 Å². The quantitative estimate of drug-likeness (QED) is 0.608. The van der Waals surface area contributed by atoms with E-state index in [4.69, 9.17) is 10.7 Å². The molecule has 3 rings (SSSR count). The minimum Gasteiger partial charge on any atom is -0.369 e. The number of likely N-dealkylation sites (tertiary alicyclic amines) is 1. The van der Waals surface area contributed by atoms with E-state index in [1.54, 1.807) is 23.1 Å². The Hall–Kier alpha value is -2.46. The van der Waals surface area contributed by atoms with E-state index in [-0.39, 0.29) is 22.6 Å². The van der Waals surface area contributed by atoms with E-state index in [0.717, 1.165) is 30.7 Å². The van der Waals surface area contributed by atoms with Crippen LogP contribution in [-0.2, 0) is 32.6 Å². The lowest BCUT2D eigenvalue weighted by Gasteiger charge is -2.30. The zero-order valence-electron chi connectivity index (χ0n) is 19.1. The maximum atomic E-state index is 12.7. The fourth-order valence-corrected chi connectivity index (χ4v) is 5.00. The summed E-state index contributed by atoms with van der Waals surface area (Å²) >= 11 is 0. The van der Waals surface area contributed by atoms with Crippen LogP contribution in [0.3, 0.4) is 0 Å². The van der Waals surface area contributed by atoms with Gasteiger partial charge in [-0.1, -0.05) is 13.3 Å². The van der Waals surface area contributed by atoms with Gasteiger partial charge in [-0.2, -0.15) is 0 Å². The van der Waals surface area contributed by atoms with Crippen LogP contribution in [0.1, 0.15) is 44.9 Å².